The zero-order chi connectivity index (χ0) is 21.1. The third-order valence-corrected chi connectivity index (χ3v) is 5.80. The van der Waals surface area contributed by atoms with Gasteiger partial charge < -0.3 is 19.5 Å². The lowest BCUT2D eigenvalue weighted by Crippen LogP contribution is -2.47. The number of hydrogen-bond acceptors (Lipinski definition) is 6. The second-order valence-electron chi connectivity index (χ2n) is 7.78. The van der Waals surface area contributed by atoms with Crippen molar-refractivity contribution in [3.05, 3.63) is 40.1 Å². The fourth-order valence-corrected chi connectivity index (χ4v) is 4.27. The number of nitrogens with zero attached hydrogens (tertiary/aromatic N) is 1. The maximum atomic E-state index is 12.7. The van der Waals surface area contributed by atoms with E-state index in [1.165, 1.54) is 0 Å². The minimum atomic E-state index is -0.560. The van der Waals surface area contributed by atoms with Crippen molar-refractivity contribution in [2.24, 2.45) is 5.92 Å². The van der Waals surface area contributed by atoms with Gasteiger partial charge in [-0.15, -0.1) is 0 Å². The first-order chi connectivity index (χ1) is 13.9. The molecule has 0 spiro atoms. The van der Waals surface area contributed by atoms with Crippen LogP contribution in [0.3, 0.4) is 0 Å². The summed E-state index contributed by atoms with van der Waals surface area (Å²) in [7, 11) is 0. The van der Waals surface area contributed by atoms with Crippen LogP contribution in [0.25, 0.3) is 0 Å². The number of hydrogen-bond donors (Lipinski definition) is 1. The summed E-state index contributed by atoms with van der Waals surface area (Å²) in [5.74, 6) is 0.141. The highest BCUT2D eigenvalue weighted by molar-refractivity contribution is 6.32. The van der Waals surface area contributed by atoms with Crippen molar-refractivity contribution in [1.29, 1.82) is 0 Å². The zero-order valence-corrected chi connectivity index (χ0v) is 17.9. The van der Waals surface area contributed by atoms with E-state index in [1.807, 2.05) is 12.1 Å². The molecule has 2 heterocycles. The van der Waals surface area contributed by atoms with E-state index >= 15 is 0 Å². The molecule has 6 nitrogen and oxygen atoms in total. The molecule has 2 atom stereocenters. The Balaban J connectivity index is 1.98. The Morgan fingerprint density at radius 3 is 2.76 bits per heavy atom. The van der Waals surface area contributed by atoms with Gasteiger partial charge in [-0.3, -0.25) is 4.79 Å². The van der Waals surface area contributed by atoms with Crippen molar-refractivity contribution in [3.8, 4) is 5.75 Å². The number of rotatable bonds is 7. The number of carbonyl (C=O) groups is 2. The molecule has 1 aromatic rings. The molecule has 0 bridgehead atoms. The first-order valence-electron chi connectivity index (χ1n) is 10.1. The summed E-state index contributed by atoms with van der Waals surface area (Å²) in [5, 5.41) is 9.44. The molecule has 0 saturated heterocycles. The normalized spacial score (nSPS) is 20.8. The SMILES string of the molecule is CCOC(=O)C1=CN2C(CC1=O)c1cc(Cl)c(OCCCO)cc1CC2C(C)C. The fraction of sp³-hybridized carbons (Fsp3) is 0.545. The molecule has 0 saturated carbocycles. The molecule has 0 aliphatic carbocycles. The molecule has 0 radical (unpaired) electrons. The summed E-state index contributed by atoms with van der Waals surface area (Å²) in [5.41, 5.74) is 2.22. The largest absolute Gasteiger partial charge is 0.492 e. The van der Waals surface area contributed by atoms with Crippen LogP contribution in [0.1, 0.15) is 50.8 Å². The van der Waals surface area contributed by atoms with Crippen LogP contribution in [0.4, 0.5) is 0 Å². The van der Waals surface area contributed by atoms with E-state index < -0.39 is 5.97 Å². The van der Waals surface area contributed by atoms with Gasteiger partial charge in [-0.2, -0.15) is 0 Å². The Labute approximate surface area is 176 Å². The second-order valence-corrected chi connectivity index (χ2v) is 8.18. The second kappa shape index (κ2) is 9.18. The number of aliphatic hydroxyl groups excluding tert-OH is 1. The van der Waals surface area contributed by atoms with E-state index in [1.54, 1.807) is 13.1 Å². The van der Waals surface area contributed by atoms with Crippen LogP contribution in [0.5, 0.6) is 5.75 Å². The lowest BCUT2D eigenvalue weighted by molar-refractivity contribution is -0.140. The number of aliphatic hydroxyl groups is 1. The highest BCUT2D eigenvalue weighted by atomic mass is 35.5. The molecule has 0 fully saturated rings. The lowest BCUT2D eigenvalue weighted by atomic mass is 9.80. The Kier molecular flexibility index (Phi) is 6.85. The summed E-state index contributed by atoms with van der Waals surface area (Å²) in [6.07, 6.45) is 3.19. The maximum Gasteiger partial charge on any atom is 0.343 e. The molecule has 1 N–H and O–H groups in total. The van der Waals surface area contributed by atoms with Crippen LogP contribution in [0, 0.1) is 5.92 Å². The molecule has 29 heavy (non-hydrogen) atoms. The van der Waals surface area contributed by atoms with Crippen molar-refractivity contribution in [2.45, 2.75) is 52.1 Å². The molecule has 2 unspecified atom stereocenters. The van der Waals surface area contributed by atoms with Crippen LogP contribution in [0.2, 0.25) is 5.02 Å². The third kappa shape index (κ3) is 4.43. The molecule has 2 aliphatic rings. The first kappa shape index (κ1) is 21.7. The van der Waals surface area contributed by atoms with Crippen LogP contribution in [0.15, 0.2) is 23.9 Å². The summed E-state index contributed by atoms with van der Waals surface area (Å²) in [4.78, 5) is 27.1. The highest BCUT2D eigenvalue weighted by Crippen LogP contribution is 2.44. The maximum absolute atomic E-state index is 12.7. The van der Waals surface area contributed by atoms with Gasteiger partial charge in [0.1, 0.15) is 11.3 Å². The van der Waals surface area contributed by atoms with Crippen LogP contribution in [-0.2, 0) is 20.7 Å². The molecule has 158 valence electrons. The summed E-state index contributed by atoms with van der Waals surface area (Å²) in [6.45, 7) is 6.68. The van der Waals surface area contributed by atoms with Crippen molar-refractivity contribution in [2.75, 3.05) is 19.8 Å². The van der Waals surface area contributed by atoms with Gasteiger partial charge in [0.2, 0.25) is 0 Å². The van der Waals surface area contributed by atoms with E-state index in [2.05, 4.69) is 18.7 Å². The summed E-state index contributed by atoms with van der Waals surface area (Å²) in [6, 6.07) is 3.80. The number of esters is 1. The van der Waals surface area contributed by atoms with E-state index in [9.17, 15) is 9.59 Å². The number of ether oxygens (including phenoxy) is 2. The minimum absolute atomic E-state index is 0.0618. The molecule has 0 amide bonds. The van der Waals surface area contributed by atoms with Gasteiger partial charge in [0.05, 0.1) is 24.3 Å². The van der Waals surface area contributed by atoms with E-state index in [4.69, 9.17) is 26.2 Å². The van der Waals surface area contributed by atoms with Gasteiger partial charge in [0.25, 0.3) is 0 Å². The quantitative estimate of drug-likeness (QED) is 0.413. The Bertz CT molecular complexity index is 820. The molecule has 2 aliphatic heterocycles. The van der Waals surface area contributed by atoms with Gasteiger partial charge in [-0.1, -0.05) is 25.4 Å². The number of fused-ring (bicyclic) bond motifs is 3. The van der Waals surface area contributed by atoms with Crippen LogP contribution >= 0.6 is 11.6 Å². The molecule has 3 rings (SSSR count). The van der Waals surface area contributed by atoms with Gasteiger partial charge in [-0.05, 0) is 42.5 Å². The van der Waals surface area contributed by atoms with Crippen LogP contribution < -0.4 is 4.74 Å². The van der Waals surface area contributed by atoms with E-state index in [0.29, 0.717) is 29.7 Å². The molecule has 0 aromatic heterocycles. The predicted octanol–water partition coefficient (Wildman–Crippen LogP) is 3.44. The lowest BCUT2D eigenvalue weighted by Gasteiger charge is -2.46. The van der Waals surface area contributed by atoms with Gasteiger partial charge >= 0.3 is 5.97 Å². The average molecular weight is 422 g/mol. The van der Waals surface area contributed by atoms with Gasteiger partial charge in [-0.25, -0.2) is 4.79 Å². The van der Waals surface area contributed by atoms with E-state index in [-0.39, 0.29) is 43.1 Å². The van der Waals surface area contributed by atoms with Crippen LogP contribution in [-0.4, -0.2) is 47.6 Å². The Morgan fingerprint density at radius 2 is 2.10 bits per heavy atom. The fourth-order valence-electron chi connectivity index (χ4n) is 4.04. The molecular formula is C22H28ClNO5. The molecular weight excluding hydrogens is 394 g/mol. The Morgan fingerprint density at radius 1 is 1.34 bits per heavy atom. The van der Waals surface area contributed by atoms with Crippen molar-refractivity contribution in [1.82, 2.24) is 4.90 Å². The number of halogens is 1. The van der Waals surface area contributed by atoms with Crippen molar-refractivity contribution < 1.29 is 24.2 Å². The Hall–Kier alpha value is -2.05. The summed E-state index contributed by atoms with van der Waals surface area (Å²) < 4.78 is 10.8. The minimum Gasteiger partial charge on any atom is -0.492 e. The number of ketones is 1. The first-order valence-corrected chi connectivity index (χ1v) is 10.5. The van der Waals surface area contributed by atoms with Gasteiger partial charge in [0, 0.05) is 31.7 Å². The molecule has 7 heteroatoms. The standard InChI is InChI=1S/C22H28ClNO5/c1-4-28-22(27)16-12-24-18(13(2)3)8-14-9-21(29-7-5-6-25)17(23)10-15(14)19(24)11-20(16)26/h9-10,12-13,18-19,25H,4-8,11H2,1-3H3. The average Bonchev–Trinajstić information content (AvgIpc) is 2.68. The number of Topliss-reactive ketones (excluding diaryl/α,β-unsaturated/α-hetero) is 1. The zero-order valence-electron chi connectivity index (χ0n) is 17.1. The van der Waals surface area contributed by atoms with Crippen molar-refractivity contribution in [3.63, 3.8) is 0 Å². The van der Waals surface area contributed by atoms with E-state index in [0.717, 1.165) is 17.5 Å². The highest BCUT2D eigenvalue weighted by Gasteiger charge is 2.41. The topological polar surface area (TPSA) is 76.1 Å². The van der Waals surface area contributed by atoms with Crippen molar-refractivity contribution >= 4 is 23.4 Å². The number of benzene rings is 1. The van der Waals surface area contributed by atoms with Gasteiger partial charge in [0.15, 0.2) is 5.78 Å². The summed E-state index contributed by atoms with van der Waals surface area (Å²) >= 11 is 6.45. The predicted molar refractivity (Wildman–Crippen MR) is 110 cm³/mol. The smallest absolute Gasteiger partial charge is 0.343 e. The monoisotopic (exact) mass is 421 g/mol. The number of carbonyl (C=O) groups excluding carboxylic acids is 2. The third-order valence-electron chi connectivity index (χ3n) is 5.51. The molecule has 1 aromatic carbocycles.